The molecule has 1 aromatic rings. The van der Waals surface area contributed by atoms with Crippen LogP contribution in [-0.2, 0) is 6.54 Å². The molecule has 0 saturated carbocycles. The predicted octanol–water partition coefficient (Wildman–Crippen LogP) is -0.994. The molecule has 0 amide bonds. The average Bonchev–Trinajstić information content (AvgIpc) is 2.33. The van der Waals surface area contributed by atoms with Crippen LogP contribution in [0.15, 0.2) is 18.2 Å². The molecule has 0 radical (unpaired) electrons. The molecule has 20 heavy (non-hydrogen) atoms. The number of halogens is 3. The van der Waals surface area contributed by atoms with Gasteiger partial charge < -0.3 is 12.4 Å². The molecule has 7 heteroatoms. The Morgan fingerprint density at radius 2 is 1.50 bits per heavy atom. The molecular weight excluding hydrogens is 319 g/mol. The molecule has 4 fully saturated rings. The van der Waals surface area contributed by atoms with Gasteiger partial charge in [-0.2, -0.15) is 0 Å². The molecule has 5 rings (SSSR count). The Hall–Kier alpha value is -0.0700. The monoisotopic (exact) mass is 334 g/mol. The molecular formula is C13H17Cl3N4. The van der Waals surface area contributed by atoms with Crippen LogP contribution in [0.1, 0.15) is 5.56 Å². The summed E-state index contributed by atoms with van der Waals surface area (Å²) >= 11 is 12.5. The summed E-state index contributed by atoms with van der Waals surface area (Å²) in [7, 11) is 0. The quantitative estimate of drug-likeness (QED) is 0.643. The molecule has 4 saturated heterocycles. The second-order valence-electron chi connectivity index (χ2n) is 6.07. The van der Waals surface area contributed by atoms with Crippen molar-refractivity contribution < 1.29 is 16.9 Å². The van der Waals surface area contributed by atoms with E-state index in [1.54, 1.807) is 0 Å². The average molecular weight is 336 g/mol. The molecule has 4 bridgehead atoms. The highest BCUT2D eigenvalue weighted by Crippen LogP contribution is 2.34. The van der Waals surface area contributed by atoms with E-state index in [0.29, 0.717) is 5.02 Å². The minimum absolute atomic E-state index is 0. The topological polar surface area (TPSA) is 9.72 Å². The number of hydrogen-bond acceptors (Lipinski definition) is 3. The lowest BCUT2D eigenvalue weighted by molar-refractivity contribution is -0.991. The summed E-state index contributed by atoms with van der Waals surface area (Å²) in [6.45, 7) is 7.66. The van der Waals surface area contributed by atoms with Crippen LogP contribution in [0.2, 0.25) is 10.0 Å². The van der Waals surface area contributed by atoms with Crippen molar-refractivity contribution in [1.82, 2.24) is 14.7 Å². The molecule has 4 heterocycles. The van der Waals surface area contributed by atoms with Gasteiger partial charge in [0, 0.05) is 5.56 Å². The zero-order valence-corrected chi connectivity index (χ0v) is 13.4. The van der Waals surface area contributed by atoms with Crippen LogP contribution in [0, 0.1) is 0 Å². The van der Waals surface area contributed by atoms with E-state index in [0.717, 1.165) is 56.1 Å². The SMILES string of the molecule is Clc1cccc(C[N+]23CN4CN(CN(C4)C2)C3)c1Cl.[Cl-]. The van der Waals surface area contributed by atoms with Crippen LogP contribution < -0.4 is 12.4 Å². The summed E-state index contributed by atoms with van der Waals surface area (Å²) in [6.07, 6.45) is 0. The van der Waals surface area contributed by atoms with E-state index in [4.69, 9.17) is 23.2 Å². The summed E-state index contributed by atoms with van der Waals surface area (Å²) < 4.78 is 1.06. The number of nitrogens with zero attached hydrogens (tertiary/aromatic N) is 4. The first kappa shape index (κ1) is 14.9. The van der Waals surface area contributed by atoms with Crippen molar-refractivity contribution >= 4 is 23.2 Å². The van der Waals surface area contributed by atoms with Crippen LogP contribution in [-0.4, -0.2) is 59.2 Å². The van der Waals surface area contributed by atoms with Crippen molar-refractivity contribution in [3.05, 3.63) is 33.8 Å². The summed E-state index contributed by atoms with van der Waals surface area (Å²) in [5.41, 5.74) is 1.17. The van der Waals surface area contributed by atoms with E-state index in [-0.39, 0.29) is 12.4 Å². The molecule has 0 aliphatic carbocycles. The van der Waals surface area contributed by atoms with Gasteiger partial charge in [-0.3, -0.25) is 4.48 Å². The first-order chi connectivity index (χ1) is 9.13. The van der Waals surface area contributed by atoms with Gasteiger partial charge in [-0.15, -0.1) is 0 Å². The molecule has 1 aromatic carbocycles. The summed E-state index contributed by atoms with van der Waals surface area (Å²) in [6, 6.07) is 5.95. The van der Waals surface area contributed by atoms with Gasteiger partial charge in [0.25, 0.3) is 0 Å². The van der Waals surface area contributed by atoms with Crippen LogP contribution >= 0.6 is 23.2 Å². The number of quaternary nitrogens is 1. The van der Waals surface area contributed by atoms with Gasteiger partial charge in [-0.25, -0.2) is 14.7 Å². The second-order valence-corrected chi connectivity index (χ2v) is 6.86. The normalized spacial score (nSPS) is 37.8. The predicted molar refractivity (Wildman–Crippen MR) is 75.1 cm³/mol. The molecule has 0 unspecified atom stereocenters. The maximum Gasteiger partial charge on any atom is 0.139 e. The fourth-order valence-electron chi connectivity index (χ4n) is 3.84. The van der Waals surface area contributed by atoms with Crippen molar-refractivity contribution in [3.63, 3.8) is 0 Å². The standard InChI is InChI=1S/C13H17Cl2N4.ClH/c14-12-3-1-2-11(13(12)15)4-19-8-16-5-17(9-19)7-18(6-16)10-19;/h1-3H,4-10H2;1H/q+1;/p-1. The van der Waals surface area contributed by atoms with Gasteiger partial charge in [0.15, 0.2) is 0 Å². The van der Waals surface area contributed by atoms with E-state index in [1.807, 2.05) is 12.1 Å². The van der Waals surface area contributed by atoms with Crippen molar-refractivity contribution in [1.29, 1.82) is 0 Å². The van der Waals surface area contributed by atoms with Gasteiger partial charge >= 0.3 is 0 Å². The minimum Gasteiger partial charge on any atom is -1.00 e. The van der Waals surface area contributed by atoms with E-state index < -0.39 is 0 Å². The van der Waals surface area contributed by atoms with E-state index in [2.05, 4.69) is 20.8 Å². The lowest BCUT2D eigenvalue weighted by atomic mass is 10.1. The Bertz CT molecular complexity index is 487. The van der Waals surface area contributed by atoms with Crippen molar-refractivity contribution in [2.45, 2.75) is 6.54 Å². The molecule has 4 aliphatic heterocycles. The molecule has 110 valence electrons. The zero-order chi connectivity index (χ0) is 13.0. The molecule has 0 aromatic heterocycles. The van der Waals surface area contributed by atoms with E-state index in [9.17, 15) is 0 Å². The molecule has 0 spiro atoms. The summed E-state index contributed by atoms with van der Waals surface area (Å²) in [4.78, 5) is 7.53. The van der Waals surface area contributed by atoms with Crippen LogP contribution in [0.25, 0.3) is 0 Å². The zero-order valence-electron chi connectivity index (χ0n) is 11.1. The Morgan fingerprint density at radius 3 is 2.05 bits per heavy atom. The van der Waals surface area contributed by atoms with Crippen LogP contribution in [0.4, 0.5) is 0 Å². The minimum atomic E-state index is 0. The Labute approximate surface area is 135 Å². The fraction of sp³-hybridized carbons (Fsp3) is 0.538. The Morgan fingerprint density at radius 1 is 0.950 bits per heavy atom. The highest BCUT2D eigenvalue weighted by atomic mass is 35.5. The van der Waals surface area contributed by atoms with Crippen LogP contribution in [0.3, 0.4) is 0 Å². The first-order valence-electron chi connectivity index (χ1n) is 6.59. The van der Waals surface area contributed by atoms with Gasteiger partial charge in [0.05, 0.1) is 30.1 Å². The Balaban J connectivity index is 0.00000121. The third-order valence-corrected chi connectivity index (χ3v) is 5.10. The fourth-order valence-corrected chi connectivity index (χ4v) is 4.22. The largest absolute Gasteiger partial charge is 1.00 e. The van der Waals surface area contributed by atoms with Gasteiger partial charge in [0.1, 0.15) is 26.6 Å². The smallest absolute Gasteiger partial charge is 0.139 e. The molecule has 4 aliphatic rings. The molecule has 4 nitrogen and oxygen atoms in total. The van der Waals surface area contributed by atoms with Gasteiger partial charge in [-0.1, -0.05) is 35.3 Å². The van der Waals surface area contributed by atoms with Crippen molar-refractivity contribution in [3.8, 4) is 0 Å². The summed E-state index contributed by atoms with van der Waals surface area (Å²) in [5.74, 6) is 0. The van der Waals surface area contributed by atoms with Crippen LogP contribution in [0.5, 0.6) is 0 Å². The van der Waals surface area contributed by atoms with Gasteiger partial charge in [0.2, 0.25) is 0 Å². The maximum atomic E-state index is 6.35. The lowest BCUT2D eigenvalue weighted by Gasteiger charge is -2.60. The van der Waals surface area contributed by atoms with Gasteiger partial charge in [-0.05, 0) is 6.07 Å². The van der Waals surface area contributed by atoms with Crippen molar-refractivity contribution in [2.24, 2.45) is 0 Å². The number of benzene rings is 1. The first-order valence-corrected chi connectivity index (χ1v) is 7.34. The van der Waals surface area contributed by atoms with E-state index in [1.165, 1.54) is 5.56 Å². The maximum absolute atomic E-state index is 6.35. The molecule has 0 atom stereocenters. The molecule has 0 N–H and O–H groups in total. The lowest BCUT2D eigenvalue weighted by Crippen LogP contribution is -3.00. The van der Waals surface area contributed by atoms with Crippen molar-refractivity contribution in [2.75, 3.05) is 40.0 Å². The third kappa shape index (κ3) is 2.44. The van der Waals surface area contributed by atoms with E-state index >= 15 is 0 Å². The number of hydrogen-bond donors (Lipinski definition) is 0. The number of rotatable bonds is 2. The highest BCUT2D eigenvalue weighted by molar-refractivity contribution is 6.42. The highest BCUT2D eigenvalue weighted by Gasteiger charge is 2.48. The Kier molecular flexibility index (Phi) is 3.93. The third-order valence-electron chi connectivity index (χ3n) is 4.24. The second kappa shape index (κ2) is 5.29. The summed E-state index contributed by atoms with van der Waals surface area (Å²) in [5, 5.41) is 1.38.